The standard InChI is InChI=1S/C98H128N18O10S2/c99-49-41-89(117)109-57-1-3-59-111(91(119)43-51-101)81-29-17-75(18-30-81)67-77-21-37-85(38-22-77)115(63-7-5-61-113(93(121)45-53-103)83-33-13-73(14-34-83)65-71-9-25-79(109)26-10-71)95(123)47-55-107-97(125)87(105)69-127-128-70-88(106)98(126)108-56-48-96(124)116-64-8-6-62-114(94(122)46-54-104)84-35-15-74(16-36-84)66-72-11-27-80(28-12-72)110(90(118)42-50-100)58-2-4-60-112(92(120)44-52-102)82-31-19-76(20-32-82)68-78-23-39-86(116)40-24-78/h9-40,87-88H,1-8,41-70,99-106H2,(H,107,125)(H,108,126). The van der Waals surface area contributed by atoms with Gasteiger partial charge in [0.25, 0.3) is 0 Å². The molecule has 14 heterocycles. The van der Waals surface area contributed by atoms with Gasteiger partial charge in [0.15, 0.2) is 11.8 Å². The van der Waals surface area contributed by atoms with Gasteiger partial charge in [-0.1, -0.05) is 119 Å². The molecule has 0 saturated carbocycles. The van der Waals surface area contributed by atoms with E-state index < -0.39 is 12.1 Å². The molecular formula is C98H128N18O10S2. The molecule has 682 valence electrons. The molecule has 14 aliphatic heterocycles. The second-order valence-corrected chi connectivity index (χ2v) is 34.8. The first-order valence-corrected chi connectivity index (χ1v) is 47.2. The predicted molar refractivity (Wildman–Crippen MR) is 521 cm³/mol. The first-order chi connectivity index (χ1) is 62.2. The highest BCUT2D eigenvalue weighted by Crippen LogP contribution is 2.31. The second kappa shape index (κ2) is 52.3. The molecule has 8 amide bonds. The molecule has 128 heavy (non-hydrogen) atoms. The average Bonchev–Trinajstić information content (AvgIpc) is 0.841. The van der Waals surface area contributed by atoms with Gasteiger partial charge in [-0.15, -0.1) is 0 Å². The number of amides is 8. The number of hydrogen-bond acceptors (Lipinski definition) is 20. The summed E-state index contributed by atoms with van der Waals surface area (Å²) in [6, 6.07) is 61.2. The minimum Gasteiger partial charge on any atom is -0.495 e. The molecular weight excluding hydrogens is 1650 g/mol. The van der Waals surface area contributed by atoms with Crippen LogP contribution in [0.3, 0.4) is 0 Å². The number of carbonyl (C=O) groups excluding carboxylic acids is 8. The molecule has 0 radical (unpaired) electrons. The predicted octanol–water partition coefficient (Wildman–Crippen LogP) is 10.8. The van der Waals surface area contributed by atoms with E-state index in [4.69, 9.17) is 45.9 Å². The number of hydrogen-bond donors (Lipinski definition) is 10. The monoisotopic (exact) mass is 1780 g/mol. The fourth-order valence-electron chi connectivity index (χ4n) is 15.6. The van der Waals surface area contributed by atoms with Crippen LogP contribution in [0.25, 0.3) is 0 Å². The maximum Gasteiger partial charge on any atom is 0.228 e. The maximum absolute atomic E-state index is 14.5. The Hall–Kier alpha value is -11.2. The van der Waals surface area contributed by atoms with Crippen LogP contribution in [0.1, 0.15) is 147 Å². The summed E-state index contributed by atoms with van der Waals surface area (Å²) >= 11 is 0. The highest BCUT2D eigenvalue weighted by atomic mass is 33.1. The summed E-state index contributed by atoms with van der Waals surface area (Å²) in [6.07, 6.45) is 7.99. The molecule has 0 aromatic heterocycles. The van der Waals surface area contributed by atoms with Crippen molar-refractivity contribution in [1.82, 2.24) is 0 Å². The van der Waals surface area contributed by atoms with Crippen LogP contribution in [0.15, 0.2) is 204 Å². The van der Waals surface area contributed by atoms with Gasteiger partial charge in [0.05, 0.1) is 25.2 Å². The largest absolute Gasteiger partial charge is 0.495 e. The van der Waals surface area contributed by atoms with Gasteiger partial charge in [-0.3, -0.25) is 48.3 Å². The lowest BCUT2D eigenvalue weighted by Gasteiger charge is -2.26. The Morgan fingerprint density at radius 3 is 0.531 bits per heavy atom. The summed E-state index contributed by atoms with van der Waals surface area (Å²) in [6.45, 7) is 4.24. The van der Waals surface area contributed by atoms with E-state index in [1.54, 1.807) is 39.2 Å². The first-order valence-electron chi connectivity index (χ1n) is 44.7. The van der Waals surface area contributed by atoms with Crippen molar-refractivity contribution in [2.24, 2.45) is 55.9 Å². The van der Waals surface area contributed by atoms with Gasteiger partial charge < -0.3 is 95.3 Å². The fourth-order valence-corrected chi connectivity index (χ4v) is 17.9. The zero-order valence-electron chi connectivity index (χ0n) is 73.6. The van der Waals surface area contributed by atoms with Crippen LogP contribution < -0.4 is 85.1 Å². The Morgan fingerprint density at radius 2 is 0.391 bits per heavy atom. The Labute approximate surface area is 760 Å². The van der Waals surface area contributed by atoms with Gasteiger partial charge in [0.1, 0.15) is 0 Å². The molecule has 0 saturated heterocycles. The third-order valence-electron chi connectivity index (χ3n) is 22.7. The van der Waals surface area contributed by atoms with E-state index in [1.807, 2.05) is 194 Å². The van der Waals surface area contributed by atoms with E-state index in [-0.39, 0.29) is 174 Å². The molecule has 0 aliphatic carbocycles. The molecule has 2 unspecified atom stereocenters. The van der Waals surface area contributed by atoms with E-state index in [0.29, 0.717) is 141 Å². The van der Waals surface area contributed by atoms with E-state index >= 15 is 0 Å². The number of nitrogens with zero attached hydrogens (tertiary/aromatic N) is 10. The zero-order chi connectivity index (χ0) is 91.1. The van der Waals surface area contributed by atoms with Crippen molar-refractivity contribution in [2.45, 2.75) is 141 Å². The number of carbonyl (C=O) groups is 8. The van der Waals surface area contributed by atoms with Crippen molar-refractivity contribution < 1.29 is 48.6 Å². The zero-order valence-corrected chi connectivity index (χ0v) is 75.2. The van der Waals surface area contributed by atoms with Crippen LogP contribution in [0.5, 0.6) is 0 Å². The van der Waals surface area contributed by atoms with E-state index in [2.05, 4.69) is 9.98 Å². The van der Waals surface area contributed by atoms with Crippen molar-refractivity contribution in [3.63, 3.8) is 0 Å². The molecule has 2 atom stereocenters. The molecule has 0 fully saturated rings. The number of aliphatic hydroxyl groups is 2. The SMILES string of the molecule is NCCC(=O)N1CCCCN(C(=O)CCN)c2ccc(cc2)Cc2ccc(cc2)N(C(=O)CCN=C(O)C(N)CSSCC(N)C(O)=NCCC(=O)N2CCCCN(C(=O)CCN)c3ccc(cc3)Cc3ccc(cc3)N(C(=O)CCN)CCCCN(C(=O)CCN)c3ccc(cc3)Cc3ccc2cc3)CCCCN(C(=O)CCN)c2ccc(cc2)Cc2ccc1cc2. The van der Waals surface area contributed by atoms with Crippen LogP contribution in [-0.2, 0) is 64.0 Å². The molecule has 14 aliphatic rings. The molecule has 8 aromatic carbocycles. The number of aliphatic hydroxyl groups excluding tert-OH is 2. The molecule has 16 bridgehead atoms. The van der Waals surface area contributed by atoms with Crippen molar-refractivity contribution in [3.05, 3.63) is 239 Å². The van der Waals surface area contributed by atoms with Crippen LogP contribution in [0.2, 0.25) is 0 Å². The lowest BCUT2D eigenvalue weighted by molar-refractivity contribution is -0.119. The Balaban J connectivity index is 0.758. The van der Waals surface area contributed by atoms with Crippen molar-refractivity contribution in [3.8, 4) is 0 Å². The lowest BCUT2D eigenvalue weighted by Crippen LogP contribution is -2.36. The van der Waals surface area contributed by atoms with Crippen LogP contribution >= 0.6 is 21.6 Å². The summed E-state index contributed by atoms with van der Waals surface area (Å²) in [5.41, 5.74) is 62.3. The minimum atomic E-state index is -0.899. The van der Waals surface area contributed by atoms with Crippen LogP contribution in [-0.4, -0.2) is 198 Å². The van der Waals surface area contributed by atoms with E-state index in [1.165, 1.54) is 21.6 Å². The average molecular weight is 1780 g/mol. The minimum absolute atomic E-state index is 0.0534. The van der Waals surface area contributed by atoms with Gasteiger partial charge in [-0.05, 0) is 219 Å². The summed E-state index contributed by atoms with van der Waals surface area (Å²) < 4.78 is 0. The van der Waals surface area contributed by atoms with Crippen molar-refractivity contribution in [2.75, 3.05) is 155 Å². The summed E-state index contributed by atoms with van der Waals surface area (Å²) in [4.78, 5) is 133. The van der Waals surface area contributed by atoms with Gasteiger partial charge in [0, 0.05) is 200 Å². The van der Waals surface area contributed by atoms with Gasteiger partial charge >= 0.3 is 0 Å². The summed E-state index contributed by atoms with van der Waals surface area (Å²) in [5.74, 6) is -1.26. The fraction of sp³-hybridized carbons (Fsp3) is 0.408. The number of aliphatic imine (C=N–C) groups is 2. The second-order valence-electron chi connectivity index (χ2n) is 32.2. The number of anilines is 8. The molecule has 8 aromatic rings. The van der Waals surface area contributed by atoms with Crippen LogP contribution in [0, 0.1) is 0 Å². The Bertz CT molecular complexity index is 4610. The molecule has 22 rings (SSSR count). The van der Waals surface area contributed by atoms with Gasteiger partial charge in [0.2, 0.25) is 47.3 Å². The third-order valence-corrected chi connectivity index (χ3v) is 25.1. The number of benzene rings is 8. The summed E-state index contributed by atoms with van der Waals surface area (Å²) in [7, 11) is 2.63. The van der Waals surface area contributed by atoms with Gasteiger partial charge in [-0.2, -0.15) is 0 Å². The first kappa shape index (κ1) is 99.0. The molecule has 18 N–H and O–H groups in total. The smallest absolute Gasteiger partial charge is 0.228 e. The normalized spacial score (nSPS) is 15.2. The van der Waals surface area contributed by atoms with Crippen LogP contribution in [0.4, 0.5) is 45.5 Å². The third kappa shape index (κ3) is 30.2. The van der Waals surface area contributed by atoms with Crippen molar-refractivity contribution >= 4 is 126 Å². The molecule has 28 nitrogen and oxygen atoms in total. The topological polar surface area (TPSA) is 436 Å². The Morgan fingerprint density at radius 1 is 0.250 bits per heavy atom. The Kier molecular flexibility index (Phi) is 40.5. The molecule has 30 heteroatoms. The lowest BCUT2D eigenvalue weighted by atomic mass is 10.0. The number of rotatable bonds is 25. The highest BCUT2D eigenvalue weighted by Gasteiger charge is 2.26. The van der Waals surface area contributed by atoms with Gasteiger partial charge in [-0.25, -0.2) is 0 Å². The highest BCUT2D eigenvalue weighted by molar-refractivity contribution is 8.76. The molecule has 0 spiro atoms. The maximum atomic E-state index is 14.5. The number of nitrogens with two attached hydrogens (primary N) is 8. The summed E-state index contributed by atoms with van der Waals surface area (Å²) in [5, 5.41) is 22.3. The van der Waals surface area contributed by atoms with E-state index in [9.17, 15) is 48.6 Å². The van der Waals surface area contributed by atoms with E-state index in [0.717, 1.165) is 78.6 Å². The van der Waals surface area contributed by atoms with Crippen molar-refractivity contribution in [1.29, 1.82) is 0 Å². The quantitative estimate of drug-likeness (QED) is 0.0110.